The first-order valence-corrected chi connectivity index (χ1v) is 10.2. The minimum Gasteiger partial charge on any atom is -0.356 e. The minimum atomic E-state index is -0.0562. The Morgan fingerprint density at radius 3 is 2.21 bits per heavy atom. The zero-order chi connectivity index (χ0) is 19.6. The molecule has 5 nitrogen and oxygen atoms in total. The zero-order valence-corrected chi connectivity index (χ0v) is 20.0. The van der Waals surface area contributed by atoms with Crippen molar-refractivity contribution in [3.63, 3.8) is 0 Å². The third kappa shape index (κ3) is 8.10. The van der Waals surface area contributed by atoms with E-state index in [1.54, 1.807) is 18.8 Å². The molecular formula is C21H29IN4OS. The summed E-state index contributed by atoms with van der Waals surface area (Å²) in [7, 11) is 3.85. The largest absolute Gasteiger partial charge is 0.356 e. The van der Waals surface area contributed by atoms with Crippen LogP contribution in [0.2, 0.25) is 0 Å². The molecule has 7 heteroatoms. The van der Waals surface area contributed by atoms with Gasteiger partial charge in [0, 0.05) is 44.7 Å². The number of nitrogens with zero attached hydrogens (tertiary/aromatic N) is 2. The van der Waals surface area contributed by atoms with Gasteiger partial charge in [0.15, 0.2) is 5.96 Å². The molecule has 0 spiro atoms. The van der Waals surface area contributed by atoms with Gasteiger partial charge in [-0.1, -0.05) is 24.3 Å². The first-order chi connectivity index (χ1) is 13.0. The number of carbonyl (C=O) groups excluding carboxylic acids is 1. The number of carbonyl (C=O) groups is 1. The third-order valence-electron chi connectivity index (χ3n) is 4.12. The molecule has 0 bridgehead atoms. The van der Waals surface area contributed by atoms with Crippen LogP contribution in [0.3, 0.4) is 0 Å². The van der Waals surface area contributed by atoms with Crippen LogP contribution in [-0.2, 0) is 17.8 Å². The molecule has 0 radical (unpaired) electrons. The SMILES string of the molecule is CN=C(NCCc1ccc(NC(C)=O)cc1)N(C)Cc1ccc(SC)cc1.I. The summed E-state index contributed by atoms with van der Waals surface area (Å²) in [6.45, 7) is 3.11. The highest BCUT2D eigenvalue weighted by atomic mass is 127. The second-order valence-electron chi connectivity index (χ2n) is 6.31. The predicted octanol–water partition coefficient (Wildman–Crippen LogP) is 4.23. The number of aliphatic imine (C=N–C) groups is 1. The number of halogens is 1. The minimum absolute atomic E-state index is 0. The smallest absolute Gasteiger partial charge is 0.221 e. The Kier molecular flexibility index (Phi) is 11.0. The van der Waals surface area contributed by atoms with Crippen molar-refractivity contribution in [2.45, 2.75) is 24.8 Å². The van der Waals surface area contributed by atoms with Crippen LogP contribution in [-0.4, -0.2) is 43.7 Å². The fourth-order valence-electron chi connectivity index (χ4n) is 2.74. The van der Waals surface area contributed by atoms with E-state index in [4.69, 9.17) is 0 Å². The number of hydrogen-bond acceptors (Lipinski definition) is 3. The summed E-state index contributed by atoms with van der Waals surface area (Å²) in [5.74, 6) is 0.818. The lowest BCUT2D eigenvalue weighted by Gasteiger charge is -2.22. The molecule has 28 heavy (non-hydrogen) atoms. The summed E-state index contributed by atoms with van der Waals surface area (Å²) in [6.07, 6.45) is 2.97. The molecule has 0 heterocycles. The summed E-state index contributed by atoms with van der Waals surface area (Å²) in [6, 6.07) is 16.5. The van der Waals surface area contributed by atoms with Crippen LogP contribution in [0.25, 0.3) is 0 Å². The van der Waals surface area contributed by atoms with Crippen LogP contribution in [0.4, 0.5) is 5.69 Å². The standard InChI is InChI=1S/C21H28N4OS.HI/c1-16(26)24-19-9-5-17(6-10-19)13-14-23-21(22-2)25(3)15-18-7-11-20(27-4)12-8-18;/h5-12H,13-15H2,1-4H3,(H,22,23)(H,24,26);1H. The summed E-state index contributed by atoms with van der Waals surface area (Å²) >= 11 is 1.75. The Hall–Kier alpha value is -1.74. The van der Waals surface area contributed by atoms with E-state index in [1.807, 2.05) is 31.3 Å². The monoisotopic (exact) mass is 512 g/mol. The van der Waals surface area contributed by atoms with Crippen molar-refractivity contribution < 1.29 is 4.79 Å². The van der Waals surface area contributed by atoms with E-state index in [1.165, 1.54) is 22.9 Å². The lowest BCUT2D eigenvalue weighted by molar-refractivity contribution is -0.114. The normalized spacial score (nSPS) is 10.8. The molecule has 0 aromatic heterocycles. The van der Waals surface area contributed by atoms with Crippen LogP contribution >= 0.6 is 35.7 Å². The number of nitrogens with one attached hydrogen (secondary N) is 2. The first kappa shape index (κ1) is 24.3. The van der Waals surface area contributed by atoms with Gasteiger partial charge in [-0.25, -0.2) is 0 Å². The fraction of sp³-hybridized carbons (Fsp3) is 0.333. The Balaban J connectivity index is 0.00000392. The molecule has 2 aromatic carbocycles. The van der Waals surface area contributed by atoms with Crippen molar-refractivity contribution in [1.29, 1.82) is 0 Å². The molecule has 0 saturated heterocycles. The van der Waals surface area contributed by atoms with Crippen LogP contribution in [0.5, 0.6) is 0 Å². The molecule has 0 saturated carbocycles. The van der Waals surface area contributed by atoms with Gasteiger partial charge in [0.2, 0.25) is 5.91 Å². The van der Waals surface area contributed by atoms with Crippen LogP contribution < -0.4 is 10.6 Å². The van der Waals surface area contributed by atoms with Crippen molar-refractivity contribution in [1.82, 2.24) is 10.2 Å². The van der Waals surface area contributed by atoms with E-state index >= 15 is 0 Å². The number of benzene rings is 2. The van der Waals surface area contributed by atoms with Gasteiger partial charge < -0.3 is 15.5 Å². The number of guanidine groups is 1. The van der Waals surface area contributed by atoms with E-state index < -0.39 is 0 Å². The van der Waals surface area contributed by atoms with E-state index in [9.17, 15) is 4.79 Å². The number of amides is 1. The third-order valence-corrected chi connectivity index (χ3v) is 4.87. The van der Waals surface area contributed by atoms with Gasteiger partial charge in [-0.15, -0.1) is 35.7 Å². The van der Waals surface area contributed by atoms with Crippen LogP contribution in [0, 0.1) is 0 Å². The summed E-state index contributed by atoms with van der Waals surface area (Å²) in [4.78, 5) is 18.8. The first-order valence-electron chi connectivity index (χ1n) is 8.93. The molecule has 2 N–H and O–H groups in total. The van der Waals surface area contributed by atoms with Gasteiger partial charge in [-0.05, 0) is 48.1 Å². The quantitative estimate of drug-likeness (QED) is 0.252. The van der Waals surface area contributed by atoms with Crippen molar-refractivity contribution >= 4 is 53.3 Å². The average molecular weight is 512 g/mol. The average Bonchev–Trinajstić information content (AvgIpc) is 2.66. The number of thioether (sulfide) groups is 1. The highest BCUT2D eigenvalue weighted by Crippen LogP contribution is 2.15. The van der Waals surface area contributed by atoms with Crippen LogP contribution in [0.15, 0.2) is 58.4 Å². The number of rotatable bonds is 7. The summed E-state index contributed by atoms with van der Waals surface area (Å²) < 4.78 is 0. The Morgan fingerprint density at radius 1 is 1.07 bits per heavy atom. The van der Waals surface area contributed by atoms with Gasteiger partial charge in [0.05, 0.1) is 0 Å². The maximum Gasteiger partial charge on any atom is 0.221 e. The molecule has 1 amide bonds. The predicted molar refractivity (Wildman–Crippen MR) is 131 cm³/mol. The van der Waals surface area contributed by atoms with Gasteiger partial charge in [-0.2, -0.15) is 0 Å². The molecule has 0 unspecified atom stereocenters. The number of hydrogen-bond donors (Lipinski definition) is 2. The van der Waals surface area contributed by atoms with Crippen LogP contribution in [0.1, 0.15) is 18.1 Å². The van der Waals surface area contributed by atoms with E-state index in [0.717, 1.165) is 31.2 Å². The van der Waals surface area contributed by atoms with Crippen molar-refractivity contribution in [3.8, 4) is 0 Å². The number of anilines is 1. The van der Waals surface area contributed by atoms with E-state index in [0.29, 0.717) is 0 Å². The van der Waals surface area contributed by atoms with E-state index in [2.05, 4.69) is 51.0 Å². The second-order valence-corrected chi connectivity index (χ2v) is 7.19. The summed E-state index contributed by atoms with van der Waals surface area (Å²) in [5, 5.41) is 6.19. The molecule has 2 rings (SSSR count). The van der Waals surface area contributed by atoms with Gasteiger partial charge in [-0.3, -0.25) is 9.79 Å². The Bertz CT molecular complexity index is 763. The highest BCUT2D eigenvalue weighted by Gasteiger charge is 2.06. The maximum absolute atomic E-state index is 11.1. The molecule has 0 fully saturated rings. The van der Waals surface area contributed by atoms with E-state index in [-0.39, 0.29) is 29.9 Å². The Morgan fingerprint density at radius 2 is 1.68 bits per heavy atom. The molecule has 0 aliphatic carbocycles. The Labute approximate surface area is 189 Å². The van der Waals surface area contributed by atoms with Gasteiger partial charge in [0.1, 0.15) is 0 Å². The van der Waals surface area contributed by atoms with Gasteiger partial charge >= 0.3 is 0 Å². The maximum atomic E-state index is 11.1. The van der Waals surface area contributed by atoms with Crippen molar-refractivity contribution in [2.75, 3.05) is 32.2 Å². The molecular weight excluding hydrogens is 483 g/mol. The molecule has 0 atom stereocenters. The molecule has 152 valence electrons. The topological polar surface area (TPSA) is 56.7 Å². The molecule has 0 aliphatic rings. The summed E-state index contributed by atoms with van der Waals surface area (Å²) in [5.41, 5.74) is 3.29. The van der Waals surface area contributed by atoms with Gasteiger partial charge in [0.25, 0.3) is 0 Å². The lowest BCUT2D eigenvalue weighted by atomic mass is 10.1. The lowest BCUT2D eigenvalue weighted by Crippen LogP contribution is -2.39. The fourth-order valence-corrected chi connectivity index (χ4v) is 3.15. The highest BCUT2D eigenvalue weighted by molar-refractivity contribution is 14.0. The van der Waals surface area contributed by atoms with Crippen molar-refractivity contribution in [2.24, 2.45) is 4.99 Å². The second kappa shape index (κ2) is 12.7. The molecule has 0 aliphatic heterocycles. The van der Waals surface area contributed by atoms with Crippen molar-refractivity contribution in [3.05, 3.63) is 59.7 Å². The zero-order valence-electron chi connectivity index (χ0n) is 16.9. The molecule has 2 aromatic rings.